The number of aryl methyl sites for hydroxylation is 1. The summed E-state index contributed by atoms with van der Waals surface area (Å²) in [6, 6.07) is 13.6. The fourth-order valence-corrected chi connectivity index (χ4v) is 4.50. The van der Waals surface area contributed by atoms with E-state index in [9.17, 15) is 9.18 Å². The molecule has 6 nitrogen and oxygen atoms in total. The first-order valence-electron chi connectivity index (χ1n) is 11.9. The van der Waals surface area contributed by atoms with Crippen molar-refractivity contribution in [2.75, 3.05) is 24.5 Å². The zero-order valence-corrected chi connectivity index (χ0v) is 19.6. The predicted molar refractivity (Wildman–Crippen MR) is 129 cm³/mol. The van der Waals surface area contributed by atoms with Gasteiger partial charge in [0.25, 0.3) is 5.91 Å². The monoisotopic (exact) mass is 460 g/mol. The number of halogens is 1. The van der Waals surface area contributed by atoms with Gasteiger partial charge < -0.3 is 14.5 Å². The molecule has 0 N–H and O–H groups in total. The van der Waals surface area contributed by atoms with Gasteiger partial charge in [0.1, 0.15) is 11.6 Å². The van der Waals surface area contributed by atoms with Crippen LogP contribution in [0, 0.1) is 18.7 Å². The van der Waals surface area contributed by atoms with Crippen LogP contribution in [-0.4, -0.2) is 40.4 Å². The number of fused-ring (bicyclic) bond motifs is 1. The zero-order chi connectivity index (χ0) is 23.7. The summed E-state index contributed by atoms with van der Waals surface area (Å²) < 4.78 is 20.0. The van der Waals surface area contributed by atoms with Gasteiger partial charge in [-0.3, -0.25) is 4.79 Å². The Morgan fingerprint density at radius 3 is 2.56 bits per heavy atom. The minimum Gasteiger partial charge on any atom is -0.438 e. The van der Waals surface area contributed by atoms with Gasteiger partial charge in [0.05, 0.1) is 17.8 Å². The Morgan fingerprint density at radius 1 is 1.06 bits per heavy atom. The third-order valence-electron chi connectivity index (χ3n) is 6.67. The van der Waals surface area contributed by atoms with Gasteiger partial charge in [-0.1, -0.05) is 30.7 Å². The van der Waals surface area contributed by atoms with Crippen LogP contribution in [0.4, 0.5) is 10.3 Å². The molecule has 3 aromatic rings. The molecule has 0 bridgehead atoms. The SMILES string of the molecule is Cc1ccc(Oc2nc(N3CCC(C)CC3)nc3c2CN(C(=O)c2cccc(F)c2)CC3)cc1. The Labute approximate surface area is 199 Å². The number of amides is 1. The molecule has 34 heavy (non-hydrogen) atoms. The number of piperidine rings is 1. The molecule has 7 heteroatoms. The smallest absolute Gasteiger partial charge is 0.254 e. The Hall–Kier alpha value is -3.48. The summed E-state index contributed by atoms with van der Waals surface area (Å²) in [7, 11) is 0. The quantitative estimate of drug-likeness (QED) is 0.539. The maximum absolute atomic E-state index is 13.7. The molecule has 2 aliphatic rings. The van der Waals surface area contributed by atoms with Crippen LogP contribution in [0.15, 0.2) is 48.5 Å². The van der Waals surface area contributed by atoms with E-state index in [1.54, 1.807) is 17.0 Å². The van der Waals surface area contributed by atoms with Gasteiger partial charge in [-0.2, -0.15) is 4.98 Å². The predicted octanol–water partition coefficient (Wildman–Crippen LogP) is 5.15. The van der Waals surface area contributed by atoms with Crippen LogP contribution in [0.25, 0.3) is 0 Å². The average molecular weight is 461 g/mol. The van der Waals surface area contributed by atoms with Gasteiger partial charge in [0.15, 0.2) is 0 Å². The third kappa shape index (κ3) is 4.74. The second kappa shape index (κ2) is 9.41. The largest absolute Gasteiger partial charge is 0.438 e. The highest BCUT2D eigenvalue weighted by atomic mass is 19.1. The number of hydrogen-bond acceptors (Lipinski definition) is 5. The van der Waals surface area contributed by atoms with E-state index in [1.165, 1.54) is 12.1 Å². The fraction of sp³-hybridized carbons (Fsp3) is 0.370. The number of nitrogens with zero attached hydrogens (tertiary/aromatic N) is 4. The summed E-state index contributed by atoms with van der Waals surface area (Å²) in [4.78, 5) is 26.7. The molecule has 176 valence electrons. The van der Waals surface area contributed by atoms with Crippen molar-refractivity contribution in [1.29, 1.82) is 0 Å². The van der Waals surface area contributed by atoms with Crippen LogP contribution in [0.1, 0.15) is 46.9 Å². The molecule has 0 unspecified atom stereocenters. The van der Waals surface area contributed by atoms with Gasteiger partial charge in [0, 0.05) is 31.6 Å². The molecule has 5 rings (SSSR count). The Kier molecular flexibility index (Phi) is 6.18. The summed E-state index contributed by atoms with van der Waals surface area (Å²) in [6.07, 6.45) is 2.83. The van der Waals surface area contributed by atoms with Gasteiger partial charge in [-0.05, 0) is 56.0 Å². The maximum atomic E-state index is 13.7. The minimum atomic E-state index is -0.421. The Bertz CT molecular complexity index is 1190. The lowest BCUT2D eigenvalue weighted by atomic mass is 9.99. The molecule has 3 heterocycles. The van der Waals surface area contributed by atoms with Crippen molar-refractivity contribution in [1.82, 2.24) is 14.9 Å². The Balaban J connectivity index is 1.47. The van der Waals surface area contributed by atoms with E-state index in [2.05, 4.69) is 11.8 Å². The van der Waals surface area contributed by atoms with Crippen molar-refractivity contribution in [2.24, 2.45) is 5.92 Å². The lowest BCUT2D eigenvalue weighted by molar-refractivity contribution is 0.0731. The molecule has 0 spiro atoms. The van der Waals surface area contributed by atoms with Crippen LogP contribution in [0.5, 0.6) is 11.6 Å². The molecule has 1 fully saturated rings. The molecule has 1 aromatic heterocycles. The molecule has 0 aliphatic carbocycles. The molecule has 1 amide bonds. The van der Waals surface area contributed by atoms with E-state index < -0.39 is 5.82 Å². The van der Waals surface area contributed by atoms with Crippen LogP contribution >= 0.6 is 0 Å². The number of benzene rings is 2. The molecule has 0 radical (unpaired) electrons. The highest BCUT2D eigenvalue weighted by Gasteiger charge is 2.29. The van der Waals surface area contributed by atoms with E-state index in [0.717, 1.165) is 42.8 Å². The molecule has 2 aliphatic heterocycles. The number of ether oxygens (including phenoxy) is 1. The van der Waals surface area contributed by atoms with Crippen molar-refractivity contribution in [3.63, 3.8) is 0 Å². The molecule has 1 saturated heterocycles. The standard InChI is InChI=1S/C27H29FN4O2/c1-18-6-8-22(9-7-18)34-25-23-17-32(26(33)20-4-3-5-21(28)16-20)15-12-24(23)29-27(30-25)31-13-10-19(2)11-14-31/h3-9,16,19H,10-15,17H2,1-2H3. The topological polar surface area (TPSA) is 58.6 Å². The second-order valence-electron chi connectivity index (χ2n) is 9.33. The van der Waals surface area contributed by atoms with Crippen LogP contribution in [0.3, 0.4) is 0 Å². The summed E-state index contributed by atoms with van der Waals surface area (Å²) in [5.41, 5.74) is 3.20. The van der Waals surface area contributed by atoms with Gasteiger partial charge in [0.2, 0.25) is 11.8 Å². The van der Waals surface area contributed by atoms with Crippen molar-refractivity contribution in [2.45, 2.75) is 39.7 Å². The third-order valence-corrected chi connectivity index (χ3v) is 6.67. The highest BCUT2D eigenvalue weighted by molar-refractivity contribution is 5.94. The number of anilines is 1. The molecular weight excluding hydrogens is 431 g/mol. The summed E-state index contributed by atoms with van der Waals surface area (Å²) in [5.74, 6) is 1.95. The van der Waals surface area contributed by atoms with E-state index in [0.29, 0.717) is 48.6 Å². The summed E-state index contributed by atoms with van der Waals surface area (Å²) >= 11 is 0. The van der Waals surface area contributed by atoms with Crippen molar-refractivity contribution in [3.05, 3.63) is 76.7 Å². The normalized spacial score (nSPS) is 16.3. The summed E-state index contributed by atoms with van der Waals surface area (Å²) in [5, 5.41) is 0. The number of hydrogen-bond donors (Lipinski definition) is 0. The maximum Gasteiger partial charge on any atom is 0.254 e. The summed E-state index contributed by atoms with van der Waals surface area (Å²) in [6.45, 7) is 6.99. The number of aromatic nitrogens is 2. The van der Waals surface area contributed by atoms with Crippen molar-refractivity contribution < 1.29 is 13.9 Å². The molecular formula is C27H29FN4O2. The van der Waals surface area contributed by atoms with Crippen LogP contribution in [0.2, 0.25) is 0 Å². The first-order chi connectivity index (χ1) is 16.5. The van der Waals surface area contributed by atoms with E-state index in [-0.39, 0.29) is 5.91 Å². The van der Waals surface area contributed by atoms with Gasteiger partial charge in [-0.15, -0.1) is 0 Å². The lowest BCUT2D eigenvalue weighted by Gasteiger charge is -2.33. The first-order valence-corrected chi connectivity index (χ1v) is 11.9. The molecule has 0 atom stereocenters. The zero-order valence-electron chi connectivity index (χ0n) is 19.6. The van der Waals surface area contributed by atoms with Gasteiger partial charge >= 0.3 is 0 Å². The fourth-order valence-electron chi connectivity index (χ4n) is 4.50. The molecule has 2 aromatic carbocycles. The van der Waals surface area contributed by atoms with Crippen molar-refractivity contribution >= 4 is 11.9 Å². The van der Waals surface area contributed by atoms with E-state index >= 15 is 0 Å². The highest BCUT2D eigenvalue weighted by Crippen LogP contribution is 2.33. The number of carbonyl (C=O) groups excluding carboxylic acids is 1. The molecule has 0 saturated carbocycles. The van der Waals surface area contributed by atoms with E-state index in [1.807, 2.05) is 31.2 Å². The average Bonchev–Trinajstić information content (AvgIpc) is 2.85. The van der Waals surface area contributed by atoms with Gasteiger partial charge in [-0.25, -0.2) is 9.37 Å². The minimum absolute atomic E-state index is 0.208. The Morgan fingerprint density at radius 2 is 1.82 bits per heavy atom. The van der Waals surface area contributed by atoms with Crippen LogP contribution < -0.4 is 9.64 Å². The first kappa shape index (κ1) is 22.3. The number of carbonyl (C=O) groups is 1. The van der Waals surface area contributed by atoms with E-state index in [4.69, 9.17) is 14.7 Å². The number of rotatable bonds is 4. The van der Waals surface area contributed by atoms with Crippen LogP contribution in [-0.2, 0) is 13.0 Å². The second-order valence-corrected chi connectivity index (χ2v) is 9.33. The van der Waals surface area contributed by atoms with Crippen molar-refractivity contribution in [3.8, 4) is 11.6 Å². The lowest BCUT2D eigenvalue weighted by Crippen LogP contribution is -2.38.